The number of nitriles is 1. The van der Waals surface area contributed by atoms with E-state index in [9.17, 15) is 5.26 Å². The highest BCUT2D eigenvalue weighted by atomic mass is 35.5. The van der Waals surface area contributed by atoms with Crippen molar-refractivity contribution < 1.29 is 0 Å². The van der Waals surface area contributed by atoms with E-state index in [4.69, 9.17) is 11.6 Å². The number of hydrogen-bond acceptors (Lipinski definition) is 3. The van der Waals surface area contributed by atoms with E-state index >= 15 is 0 Å². The maximum absolute atomic E-state index is 9.52. The summed E-state index contributed by atoms with van der Waals surface area (Å²) in [5, 5.41) is 12.9. The molecule has 26 heavy (non-hydrogen) atoms. The van der Waals surface area contributed by atoms with Crippen LogP contribution in [0.2, 0.25) is 5.02 Å². The zero-order valence-electron chi connectivity index (χ0n) is 14.7. The fraction of sp³-hybridized carbons (Fsp3) is 0.182. The maximum atomic E-state index is 9.52. The van der Waals surface area contributed by atoms with E-state index in [1.165, 1.54) is 16.9 Å². The van der Waals surface area contributed by atoms with Crippen molar-refractivity contribution in [2.45, 2.75) is 20.3 Å². The van der Waals surface area contributed by atoms with Gasteiger partial charge in [0.15, 0.2) is 0 Å². The van der Waals surface area contributed by atoms with E-state index in [1.54, 1.807) is 0 Å². The molecule has 2 nitrogen and oxygen atoms in total. The molecule has 4 heteroatoms. The molecule has 2 aromatic carbocycles. The van der Waals surface area contributed by atoms with Crippen LogP contribution in [0.3, 0.4) is 0 Å². The van der Waals surface area contributed by atoms with Gasteiger partial charge in [-0.15, -0.1) is 11.3 Å². The quantitative estimate of drug-likeness (QED) is 0.461. The van der Waals surface area contributed by atoms with Crippen LogP contribution in [0.4, 0.5) is 0 Å². The Kier molecular flexibility index (Phi) is 5.88. The first-order chi connectivity index (χ1) is 12.5. The number of rotatable bonds is 5. The van der Waals surface area contributed by atoms with Gasteiger partial charge < -0.3 is 0 Å². The maximum Gasteiger partial charge on any atom is 0.134 e. The molecule has 0 spiro atoms. The van der Waals surface area contributed by atoms with Crippen LogP contribution in [0.5, 0.6) is 0 Å². The minimum atomic E-state index is 0.556. The van der Waals surface area contributed by atoms with E-state index < -0.39 is 0 Å². The summed E-state index contributed by atoms with van der Waals surface area (Å²) in [5.41, 5.74) is 4.79. The minimum absolute atomic E-state index is 0.556. The SMILES string of the molecule is CC(C)Cc1ccc(-c2csc(C(C#N)=Cc3ccc(Cl)cc3)n2)cc1. The van der Waals surface area contributed by atoms with E-state index in [0.717, 1.165) is 28.2 Å². The van der Waals surface area contributed by atoms with Gasteiger partial charge in [0.05, 0.1) is 11.3 Å². The van der Waals surface area contributed by atoms with E-state index in [1.807, 2.05) is 35.7 Å². The Morgan fingerprint density at radius 2 is 1.85 bits per heavy atom. The number of halogens is 1. The molecule has 0 saturated carbocycles. The van der Waals surface area contributed by atoms with Crippen molar-refractivity contribution in [3.05, 3.63) is 75.1 Å². The molecule has 130 valence electrons. The molecule has 0 unspecified atom stereocenters. The molecule has 0 fully saturated rings. The zero-order chi connectivity index (χ0) is 18.5. The van der Waals surface area contributed by atoms with Gasteiger partial charge in [0, 0.05) is 16.0 Å². The number of hydrogen-bond donors (Lipinski definition) is 0. The number of allylic oxidation sites excluding steroid dienone is 1. The van der Waals surface area contributed by atoms with Crippen LogP contribution in [-0.2, 0) is 6.42 Å². The third kappa shape index (κ3) is 4.60. The average molecular weight is 379 g/mol. The monoisotopic (exact) mass is 378 g/mol. The van der Waals surface area contributed by atoms with Crippen molar-refractivity contribution in [3.63, 3.8) is 0 Å². The van der Waals surface area contributed by atoms with Gasteiger partial charge in [-0.3, -0.25) is 0 Å². The van der Waals surface area contributed by atoms with E-state index in [2.05, 4.69) is 49.2 Å². The predicted octanol–water partition coefficient (Wildman–Crippen LogP) is 6.73. The molecule has 3 aromatic rings. The van der Waals surface area contributed by atoms with Crippen LogP contribution < -0.4 is 0 Å². The summed E-state index contributed by atoms with van der Waals surface area (Å²) >= 11 is 7.40. The molecule has 3 rings (SSSR count). The van der Waals surface area contributed by atoms with Gasteiger partial charge in [-0.2, -0.15) is 5.26 Å². The number of thiazole rings is 1. The molecule has 0 amide bonds. The highest BCUT2D eigenvalue weighted by molar-refractivity contribution is 7.11. The second kappa shape index (κ2) is 8.31. The van der Waals surface area contributed by atoms with Gasteiger partial charge >= 0.3 is 0 Å². The minimum Gasteiger partial charge on any atom is -0.235 e. The zero-order valence-corrected chi connectivity index (χ0v) is 16.3. The van der Waals surface area contributed by atoms with E-state index in [-0.39, 0.29) is 0 Å². The molecule has 0 N–H and O–H groups in total. The van der Waals surface area contributed by atoms with Crippen molar-refractivity contribution in [1.82, 2.24) is 4.98 Å². The lowest BCUT2D eigenvalue weighted by Gasteiger charge is -2.05. The molecular formula is C22H19ClN2S. The predicted molar refractivity (Wildman–Crippen MR) is 111 cm³/mol. The molecular weight excluding hydrogens is 360 g/mol. The summed E-state index contributed by atoms with van der Waals surface area (Å²) in [5.74, 6) is 0.642. The topological polar surface area (TPSA) is 36.7 Å². The Morgan fingerprint density at radius 1 is 1.15 bits per heavy atom. The summed E-state index contributed by atoms with van der Waals surface area (Å²) in [6.45, 7) is 4.44. The Labute approximate surface area is 163 Å². The molecule has 0 bridgehead atoms. The highest BCUT2D eigenvalue weighted by Crippen LogP contribution is 2.28. The van der Waals surface area contributed by atoms with Gasteiger partial charge in [0.2, 0.25) is 0 Å². The van der Waals surface area contributed by atoms with Crippen LogP contribution in [0.15, 0.2) is 53.9 Å². The van der Waals surface area contributed by atoms with Crippen molar-refractivity contribution in [3.8, 4) is 17.3 Å². The Balaban J connectivity index is 1.84. The van der Waals surface area contributed by atoms with Crippen LogP contribution in [0, 0.1) is 17.2 Å². The molecule has 0 aliphatic carbocycles. The molecule has 1 aromatic heterocycles. The number of aromatic nitrogens is 1. The van der Waals surface area contributed by atoms with Gasteiger partial charge in [0.25, 0.3) is 0 Å². The van der Waals surface area contributed by atoms with Gasteiger partial charge in [-0.25, -0.2) is 4.98 Å². The third-order valence-electron chi connectivity index (χ3n) is 3.93. The highest BCUT2D eigenvalue weighted by Gasteiger charge is 2.09. The Bertz CT molecular complexity index is 945. The molecule has 0 aliphatic rings. The van der Waals surface area contributed by atoms with Crippen LogP contribution in [-0.4, -0.2) is 4.98 Å². The second-order valence-electron chi connectivity index (χ2n) is 6.55. The average Bonchev–Trinajstić information content (AvgIpc) is 3.11. The van der Waals surface area contributed by atoms with Crippen molar-refractivity contribution in [1.29, 1.82) is 5.26 Å². The van der Waals surface area contributed by atoms with Crippen molar-refractivity contribution >= 4 is 34.6 Å². The van der Waals surface area contributed by atoms with Gasteiger partial charge in [0.1, 0.15) is 11.1 Å². The third-order valence-corrected chi connectivity index (χ3v) is 5.06. The summed E-state index contributed by atoms with van der Waals surface area (Å²) in [6.07, 6.45) is 2.91. The van der Waals surface area contributed by atoms with Crippen LogP contribution in [0.25, 0.3) is 22.9 Å². The molecule has 0 saturated heterocycles. The first-order valence-electron chi connectivity index (χ1n) is 8.47. The lowest BCUT2D eigenvalue weighted by molar-refractivity contribution is 0.647. The Hall–Kier alpha value is -2.41. The number of benzene rings is 2. The largest absolute Gasteiger partial charge is 0.235 e. The fourth-order valence-corrected chi connectivity index (χ4v) is 3.60. The fourth-order valence-electron chi connectivity index (χ4n) is 2.68. The lowest BCUT2D eigenvalue weighted by atomic mass is 10.0. The Morgan fingerprint density at radius 3 is 2.46 bits per heavy atom. The van der Waals surface area contributed by atoms with Gasteiger partial charge in [-0.05, 0) is 41.7 Å². The van der Waals surface area contributed by atoms with Crippen LogP contribution >= 0.6 is 22.9 Å². The summed E-state index contributed by atoms with van der Waals surface area (Å²) < 4.78 is 0. The second-order valence-corrected chi connectivity index (χ2v) is 7.85. The normalized spacial score (nSPS) is 11.6. The van der Waals surface area contributed by atoms with Crippen molar-refractivity contribution in [2.75, 3.05) is 0 Å². The van der Waals surface area contributed by atoms with E-state index in [0.29, 0.717) is 16.5 Å². The molecule has 0 aliphatic heterocycles. The van der Waals surface area contributed by atoms with Crippen molar-refractivity contribution in [2.24, 2.45) is 5.92 Å². The molecule has 0 radical (unpaired) electrons. The van der Waals surface area contributed by atoms with Gasteiger partial charge in [-0.1, -0.05) is 61.8 Å². The molecule has 0 atom stereocenters. The summed E-state index contributed by atoms with van der Waals surface area (Å²) in [7, 11) is 0. The first kappa shape index (κ1) is 18.4. The molecule has 1 heterocycles. The summed E-state index contributed by atoms with van der Waals surface area (Å²) in [6, 6.07) is 18.2. The standard InChI is InChI=1S/C22H19ClN2S/c1-15(2)11-16-3-7-18(8-4-16)21-14-26-22(25-21)19(13-24)12-17-5-9-20(23)10-6-17/h3-10,12,14-15H,11H2,1-2H3. The first-order valence-corrected chi connectivity index (χ1v) is 9.73. The number of nitrogens with zero attached hydrogens (tertiary/aromatic N) is 2. The smallest absolute Gasteiger partial charge is 0.134 e. The summed E-state index contributed by atoms with van der Waals surface area (Å²) in [4.78, 5) is 4.66. The van der Waals surface area contributed by atoms with Crippen LogP contribution in [0.1, 0.15) is 30.0 Å². The lowest BCUT2D eigenvalue weighted by Crippen LogP contribution is -1.93.